The van der Waals surface area contributed by atoms with E-state index in [0.29, 0.717) is 6.61 Å². The van der Waals surface area contributed by atoms with Gasteiger partial charge in [-0.1, -0.05) is 42.0 Å². The first-order valence-electron chi connectivity index (χ1n) is 7.39. The molecule has 0 saturated heterocycles. The molecule has 3 nitrogen and oxygen atoms in total. The molecule has 2 rings (SSSR count). The van der Waals surface area contributed by atoms with Crippen LogP contribution >= 0.6 is 0 Å². The number of hydrazine groups is 1. The molecule has 2 aromatic carbocycles. The van der Waals surface area contributed by atoms with Crippen molar-refractivity contribution in [3.63, 3.8) is 0 Å². The van der Waals surface area contributed by atoms with Crippen LogP contribution < -0.4 is 16.0 Å². The first kappa shape index (κ1) is 15.5. The van der Waals surface area contributed by atoms with Crippen LogP contribution in [-0.4, -0.2) is 12.6 Å². The SMILES string of the molecule is Cc1ccc(C)c(CC(CCOc2ccccc2)NN)c1. The van der Waals surface area contributed by atoms with Crippen molar-refractivity contribution < 1.29 is 4.74 Å². The van der Waals surface area contributed by atoms with Gasteiger partial charge in [-0.05, 0) is 49.9 Å². The molecule has 0 saturated carbocycles. The van der Waals surface area contributed by atoms with Gasteiger partial charge in [0.05, 0.1) is 6.61 Å². The quantitative estimate of drug-likeness (QED) is 0.606. The number of para-hydroxylation sites is 1. The van der Waals surface area contributed by atoms with Crippen LogP contribution in [0.3, 0.4) is 0 Å². The van der Waals surface area contributed by atoms with Gasteiger partial charge in [-0.25, -0.2) is 0 Å². The molecule has 0 heterocycles. The van der Waals surface area contributed by atoms with E-state index in [4.69, 9.17) is 10.6 Å². The highest BCUT2D eigenvalue weighted by Gasteiger charge is 2.10. The molecule has 1 unspecified atom stereocenters. The maximum atomic E-state index is 5.73. The molecule has 0 aliphatic heterocycles. The number of hydrogen-bond acceptors (Lipinski definition) is 3. The van der Waals surface area contributed by atoms with Crippen molar-refractivity contribution in [3.05, 3.63) is 65.2 Å². The molecular formula is C18H24N2O. The molecule has 2 aromatic rings. The van der Waals surface area contributed by atoms with Crippen LogP contribution in [0.2, 0.25) is 0 Å². The predicted molar refractivity (Wildman–Crippen MR) is 87.3 cm³/mol. The van der Waals surface area contributed by atoms with E-state index in [1.54, 1.807) is 0 Å². The maximum Gasteiger partial charge on any atom is 0.119 e. The van der Waals surface area contributed by atoms with Gasteiger partial charge in [0.25, 0.3) is 0 Å². The monoisotopic (exact) mass is 284 g/mol. The highest BCUT2D eigenvalue weighted by molar-refractivity contribution is 5.31. The van der Waals surface area contributed by atoms with Crippen LogP contribution in [0.4, 0.5) is 0 Å². The number of nitrogens with two attached hydrogens (primary N) is 1. The summed E-state index contributed by atoms with van der Waals surface area (Å²) in [6.07, 6.45) is 1.79. The minimum Gasteiger partial charge on any atom is -0.494 e. The van der Waals surface area contributed by atoms with Crippen LogP contribution in [0.25, 0.3) is 0 Å². The molecule has 0 aliphatic rings. The summed E-state index contributed by atoms with van der Waals surface area (Å²) in [5, 5.41) is 0. The zero-order chi connectivity index (χ0) is 15.1. The summed E-state index contributed by atoms with van der Waals surface area (Å²) in [4.78, 5) is 0. The Kier molecular flexibility index (Phi) is 5.78. The number of ether oxygens (including phenoxy) is 1. The van der Waals surface area contributed by atoms with Crippen LogP contribution in [0, 0.1) is 13.8 Å². The summed E-state index contributed by atoms with van der Waals surface area (Å²) in [5.74, 6) is 6.59. The molecule has 3 N–H and O–H groups in total. The lowest BCUT2D eigenvalue weighted by Crippen LogP contribution is -2.38. The minimum absolute atomic E-state index is 0.217. The number of rotatable bonds is 7. The van der Waals surface area contributed by atoms with E-state index >= 15 is 0 Å². The van der Waals surface area contributed by atoms with Crippen LogP contribution in [0.1, 0.15) is 23.1 Å². The smallest absolute Gasteiger partial charge is 0.119 e. The number of benzene rings is 2. The molecule has 112 valence electrons. The van der Waals surface area contributed by atoms with Crippen molar-refractivity contribution in [2.24, 2.45) is 5.84 Å². The fourth-order valence-electron chi connectivity index (χ4n) is 2.37. The van der Waals surface area contributed by atoms with E-state index in [9.17, 15) is 0 Å². The zero-order valence-corrected chi connectivity index (χ0v) is 12.8. The van der Waals surface area contributed by atoms with Gasteiger partial charge in [0.2, 0.25) is 0 Å². The molecule has 0 spiro atoms. The highest BCUT2D eigenvalue weighted by Crippen LogP contribution is 2.14. The van der Waals surface area contributed by atoms with Gasteiger partial charge in [-0.15, -0.1) is 0 Å². The Morgan fingerprint density at radius 3 is 2.57 bits per heavy atom. The van der Waals surface area contributed by atoms with Crippen LogP contribution in [0.15, 0.2) is 48.5 Å². The van der Waals surface area contributed by atoms with Crippen molar-refractivity contribution in [1.29, 1.82) is 0 Å². The first-order chi connectivity index (χ1) is 10.2. The molecule has 1 atom stereocenters. The van der Waals surface area contributed by atoms with E-state index < -0.39 is 0 Å². The molecule has 0 aromatic heterocycles. The van der Waals surface area contributed by atoms with Gasteiger partial charge in [-0.2, -0.15) is 0 Å². The summed E-state index contributed by atoms with van der Waals surface area (Å²) < 4.78 is 5.73. The third kappa shape index (κ3) is 4.88. The van der Waals surface area contributed by atoms with E-state index in [-0.39, 0.29) is 6.04 Å². The Hall–Kier alpha value is -1.84. The van der Waals surface area contributed by atoms with Crippen molar-refractivity contribution in [3.8, 4) is 5.75 Å². The Morgan fingerprint density at radius 1 is 1.10 bits per heavy atom. The average molecular weight is 284 g/mol. The van der Waals surface area contributed by atoms with Gasteiger partial charge < -0.3 is 4.74 Å². The maximum absolute atomic E-state index is 5.73. The lowest BCUT2D eigenvalue weighted by molar-refractivity contribution is 0.285. The molecule has 0 fully saturated rings. The predicted octanol–water partition coefficient (Wildman–Crippen LogP) is 3.15. The summed E-state index contributed by atoms with van der Waals surface area (Å²) in [5.41, 5.74) is 6.84. The topological polar surface area (TPSA) is 47.3 Å². The number of nitrogens with one attached hydrogen (secondary N) is 1. The lowest BCUT2D eigenvalue weighted by Gasteiger charge is -2.18. The molecule has 21 heavy (non-hydrogen) atoms. The standard InChI is InChI=1S/C18H24N2O/c1-14-8-9-15(2)16(12-14)13-17(20-19)10-11-21-18-6-4-3-5-7-18/h3-9,12,17,20H,10-11,13,19H2,1-2H3. The summed E-state index contributed by atoms with van der Waals surface area (Å²) in [6.45, 7) is 4.92. The number of hydrogen-bond donors (Lipinski definition) is 2. The van der Waals surface area contributed by atoms with Gasteiger partial charge in [0, 0.05) is 6.04 Å². The van der Waals surface area contributed by atoms with Crippen molar-refractivity contribution >= 4 is 0 Å². The highest BCUT2D eigenvalue weighted by atomic mass is 16.5. The second-order valence-electron chi connectivity index (χ2n) is 5.45. The minimum atomic E-state index is 0.217. The Morgan fingerprint density at radius 2 is 1.86 bits per heavy atom. The van der Waals surface area contributed by atoms with Crippen LogP contribution in [0.5, 0.6) is 5.75 Å². The van der Waals surface area contributed by atoms with Crippen molar-refractivity contribution in [1.82, 2.24) is 5.43 Å². The lowest BCUT2D eigenvalue weighted by atomic mass is 9.98. The Labute approximate surface area is 127 Å². The third-order valence-corrected chi connectivity index (χ3v) is 3.68. The van der Waals surface area contributed by atoms with Gasteiger partial charge >= 0.3 is 0 Å². The largest absolute Gasteiger partial charge is 0.494 e. The molecule has 0 bridgehead atoms. The van der Waals surface area contributed by atoms with E-state index in [0.717, 1.165) is 18.6 Å². The van der Waals surface area contributed by atoms with Gasteiger partial charge in [-0.3, -0.25) is 11.3 Å². The normalized spacial score (nSPS) is 12.1. The molecule has 0 aliphatic carbocycles. The van der Waals surface area contributed by atoms with Gasteiger partial charge in [0.1, 0.15) is 5.75 Å². The van der Waals surface area contributed by atoms with Gasteiger partial charge in [0.15, 0.2) is 0 Å². The van der Waals surface area contributed by atoms with E-state index in [1.165, 1.54) is 16.7 Å². The number of aryl methyl sites for hydroxylation is 2. The molecule has 0 radical (unpaired) electrons. The molecule has 3 heteroatoms. The third-order valence-electron chi connectivity index (χ3n) is 3.68. The zero-order valence-electron chi connectivity index (χ0n) is 12.8. The second-order valence-corrected chi connectivity index (χ2v) is 5.45. The summed E-state index contributed by atoms with van der Waals surface area (Å²) >= 11 is 0. The Balaban J connectivity index is 1.87. The van der Waals surface area contributed by atoms with Crippen molar-refractivity contribution in [2.75, 3.05) is 6.61 Å². The molecular weight excluding hydrogens is 260 g/mol. The summed E-state index contributed by atoms with van der Waals surface area (Å²) in [6, 6.07) is 16.6. The summed E-state index contributed by atoms with van der Waals surface area (Å²) in [7, 11) is 0. The average Bonchev–Trinajstić information content (AvgIpc) is 2.51. The van der Waals surface area contributed by atoms with Crippen LogP contribution in [-0.2, 0) is 6.42 Å². The van der Waals surface area contributed by atoms with E-state index in [1.807, 2.05) is 30.3 Å². The fraction of sp³-hybridized carbons (Fsp3) is 0.333. The van der Waals surface area contributed by atoms with Crippen molar-refractivity contribution in [2.45, 2.75) is 32.7 Å². The molecule has 0 amide bonds. The fourth-order valence-corrected chi connectivity index (χ4v) is 2.37. The van der Waals surface area contributed by atoms with E-state index in [2.05, 4.69) is 37.5 Å². The Bertz CT molecular complexity index is 554. The first-order valence-corrected chi connectivity index (χ1v) is 7.39. The second kappa shape index (κ2) is 7.81.